The minimum absolute atomic E-state index is 0.0875. The quantitative estimate of drug-likeness (QED) is 0.0208. The molecule has 0 aromatic heterocycles. The maximum Gasteiger partial charge on any atom is 0.472 e. The van der Waals surface area contributed by atoms with Crippen molar-refractivity contribution in [2.75, 3.05) is 26.4 Å². The summed E-state index contributed by atoms with van der Waals surface area (Å²) in [6.45, 7) is 4.00. The van der Waals surface area contributed by atoms with Gasteiger partial charge in [0.15, 0.2) is 6.10 Å². The van der Waals surface area contributed by atoms with Gasteiger partial charge in [0.25, 0.3) is 0 Å². The molecule has 1 unspecified atom stereocenters. The lowest BCUT2D eigenvalue weighted by Gasteiger charge is -2.19. The highest BCUT2D eigenvalue weighted by Crippen LogP contribution is 2.43. The van der Waals surface area contributed by atoms with E-state index in [1.807, 2.05) is 18.2 Å². The molecule has 0 bridgehead atoms. The Bertz CT molecular complexity index is 1100. The number of carbonyl (C=O) groups is 1. The molecule has 0 rings (SSSR count). The third kappa shape index (κ3) is 40.7. The lowest BCUT2D eigenvalue weighted by atomic mass is 10.0. The third-order valence-electron chi connectivity index (χ3n) is 8.43. The molecule has 0 fully saturated rings. The summed E-state index contributed by atoms with van der Waals surface area (Å²) in [5.41, 5.74) is 5.36. The highest BCUT2D eigenvalue weighted by atomic mass is 31.2. The van der Waals surface area contributed by atoms with Crippen LogP contribution in [0, 0.1) is 0 Å². The number of nitrogens with two attached hydrogens (primary N) is 1. The third-order valence-corrected chi connectivity index (χ3v) is 9.41. The van der Waals surface area contributed by atoms with Gasteiger partial charge in [0.05, 0.1) is 19.5 Å². The minimum Gasteiger partial charge on any atom is -0.492 e. The highest BCUT2D eigenvalue weighted by molar-refractivity contribution is 7.47. The smallest absolute Gasteiger partial charge is 0.472 e. The van der Waals surface area contributed by atoms with E-state index in [1.54, 1.807) is 6.26 Å². The van der Waals surface area contributed by atoms with Crippen LogP contribution in [0.4, 0.5) is 0 Å². The van der Waals surface area contributed by atoms with E-state index in [0.29, 0.717) is 6.42 Å². The van der Waals surface area contributed by atoms with E-state index in [-0.39, 0.29) is 38.8 Å². The molecule has 0 aliphatic heterocycles. The Morgan fingerprint density at radius 3 is 1.54 bits per heavy atom. The second-order valence-corrected chi connectivity index (χ2v) is 15.0. The summed E-state index contributed by atoms with van der Waals surface area (Å²) in [6.07, 6.45) is 54.3. The van der Waals surface area contributed by atoms with Gasteiger partial charge >= 0.3 is 13.8 Å². The average molecular weight is 776 g/mol. The maximum absolute atomic E-state index is 12.4. The van der Waals surface area contributed by atoms with E-state index in [4.69, 9.17) is 24.3 Å². The Labute approximate surface area is 330 Å². The molecule has 0 aromatic rings. The second-order valence-electron chi connectivity index (χ2n) is 13.5. The number of phosphoric ester groups is 1. The van der Waals surface area contributed by atoms with Crippen molar-refractivity contribution in [2.45, 2.75) is 168 Å². The first-order valence-corrected chi connectivity index (χ1v) is 22.6. The number of rotatable bonds is 39. The molecule has 3 N–H and O–H groups in total. The van der Waals surface area contributed by atoms with E-state index in [1.165, 1.54) is 83.5 Å². The lowest BCUT2D eigenvalue weighted by Crippen LogP contribution is -2.25. The fraction of sp³-hybridized carbons (Fsp3) is 0.667. The van der Waals surface area contributed by atoms with Crippen LogP contribution in [0.1, 0.15) is 162 Å². The van der Waals surface area contributed by atoms with Crippen LogP contribution in [0.5, 0.6) is 0 Å². The Kier molecular flexibility index (Phi) is 39.8. The van der Waals surface area contributed by atoms with Crippen LogP contribution < -0.4 is 5.73 Å². The summed E-state index contributed by atoms with van der Waals surface area (Å²) < 4.78 is 33.1. The largest absolute Gasteiger partial charge is 0.492 e. The summed E-state index contributed by atoms with van der Waals surface area (Å²) in [7, 11) is -4.29. The summed E-state index contributed by atoms with van der Waals surface area (Å²) >= 11 is 0. The van der Waals surface area contributed by atoms with E-state index in [9.17, 15) is 14.3 Å². The van der Waals surface area contributed by atoms with E-state index in [0.717, 1.165) is 51.4 Å². The van der Waals surface area contributed by atoms with Gasteiger partial charge in [-0.2, -0.15) is 0 Å². The van der Waals surface area contributed by atoms with Gasteiger partial charge in [-0.3, -0.25) is 13.8 Å². The molecule has 310 valence electrons. The van der Waals surface area contributed by atoms with Crippen LogP contribution >= 0.6 is 7.82 Å². The fourth-order valence-electron chi connectivity index (χ4n) is 5.30. The Balaban J connectivity index is 4.23. The molecule has 54 heavy (non-hydrogen) atoms. The molecular weight excluding hydrogens is 697 g/mol. The summed E-state index contributed by atoms with van der Waals surface area (Å²) in [5, 5.41) is 0. The van der Waals surface area contributed by atoms with Crippen molar-refractivity contribution in [1.82, 2.24) is 0 Å². The summed E-state index contributed by atoms with van der Waals surface area (Å²) in [6, 6.07) is 0. The number of phosphoric acid groups is 1. The van der Waals surface area contributed by atoms with Crippen LogP contribution in [0.25, 0.3) is 0 Å². The van der Waals surface area contributed by atoms with Gasteiger partial charge in [-0.1, -0.05) is 170 Å². The molecule has 0 radical (unpaired) electrons. The van der Waals surface area contributed by atoms with Gasteiger partial charge in [-0.05, 0) is 63.9 Å². The number of esters is 1. The molecule has 0 aromatic carbocycles. The first-order chi connectivity index (χ1) is 26.4. The van der Waals surface area contributed by atoms with Crippen LogP contribution in [0.3, 0.4) is 0 Å². The van der Waals surface area contributed by atoms with Crippen molar-refractivity contribution >= 4 is 13.8 Å². The summed E-state index contributed by atoms with van der Waals surface area (Å²) in [4.78, 5) is 22.2. The van der Waals surface area contributed by atoms with Crippen LogP contribution in [-0.4, -0.2) is 43.3 Å². The zero-order valence-corrected chi connectivity index (χ0v) is 35.1. The zero-order valence-electron chi connectivity index (χ0n) is 34.2. The molecule has 0 amide bonds. The second kappa shape index (κ2) is 41.7. The monoisotopic (exact) mass is 776 g/mol. The average Bonchev–Trinajstić information content (AvgIpc) is 3.16. The molecule has 0 spiro atoms. The SMILES string of the molecule is CC/C=C\C/C=C\C/C=C\C/C=C\C/C=C\C/C=C\CCC(=O)OC[C@H](COP(=O)(O)OCCN)O/C=C\CCCCCCCCCCCCCCCC. The maximum atomic E-state index is 12.4. The van der Waals surface area contributed by atoms with Crippen molar-refractivity contribution in [3.05, 3.63) is 85.3 Å². The molecule has 0 saturated carbocycles. The molecule has 0 saturated heterocycles. The van der Waals surface area contributed by atoms with Crippen molar-refractivity contribution < 1.29 is 32.8 Å². The molecule has 0 heterocycles. The number of allylic oxidation sites excluding steroid dienone is 13. The Morgan fingerprint density at radius 2 is 1.06 bits per heavy atom. The molecule has 9 heteroatoms. The van der Waals surface area contributed by atoms with Crippen LogP contribution in [0.2, 0.25) is 0 Å². The molecule has 0 aliphatic rings. The van der Waals surface area contributed by atoms with Gasteiger partial charge in [-0.15, -0.1) is 0 Å². The first-order valence-electron chi connectivity index (χ1n) is 21.1. The topological polar surface area (TPSA) is 117 Å². The zero-order chi connectivity index (χ0) is 39.5. The molecular formula is C45H78NO7P. The lowest BCUT2D eigenvalue weighted by molar-refractivity contribution is -0.147. The Morgan fingerprint density at radius 1 is 0.593 bits per heavy atom. The van der Waals surface area contributed by atoms with Crippen LogP contribution in [0.15, 0.2) is 85.3 Å². The van der Waals surface area contributed by atoms with Gasteiger partial charge < -0.3 is 20.1 Å². The number of hydrogen-bond donors (Lipinski definition) is 2. The van der Waals surface area contributed by atoms with Gasteiger partial charge in [0.1, 0.15) is 6.61 Å². The normalized spacial score (nSPS) is 14.3. The molecule has 0 aliphatic carbocycles. The standard InChI is InChI=1S/C45H78NO7P/c1-3-5-7-9-11-13-15-17-19-21-22-23-24-26-28-30-32-34-36-38-45(47)51-42-44(43-53-54(48,49)52-41-39-46)50-40-37-35-33-31-29-27-25-20-18-16-14-12-10-8-6-4-2/h5,7,11,13,17,19,22-23,26,28,32,34,37,40,44H,3-4,6,8-10,12,14-16,18,20-21,24-25,27,29-31,33,35-36,38-39,41-43,46H2,1-2H3,(H,48,49)/b7-5-,13-11-,19-17-,23-22-,28-26-,34-32-,40-37-/t44-/m1/s1. The van der Waals surface area contributed by atoms with E-state index < -0.39 is 13.9 Å². The molecule has 2 atom stereocenters. The van der Waals surface area contributed by atoms with Crippen molar-refractivity contribution in [3.63, 3.8) is 0 Å². The minimum atomic E-state index is -4.29. The first kappa shape index (κ1) is 51.5. The van der Waals surface area contributed by atoms with E-state index in [2.05, 4.69) is 74.6 Å². The number of ether oxygens (including phenoxy) is 2. The van der Waals surface area contributed by atoms with E-state index >= 15 is 0 Å². The van der Waals surface area contributed by atoms with Gasteiger partial charge in [-0.25, -0.2) is 4.57 Å². The Hall–Kier alpha value is -2.48. The number of hydrogen-bond acceptors (Lipinski definition) is 7. The predicted molar refractivity (Wildman–Crippen MR) is 228 cm³/mol. The number of unbranched alkanes of at least 4 members (excludes halogenated alkanes) is 14. The van der Waals surface area contributed by atoms with Gasteiger partial charge in [0, 0.05) is 13.0 Å². The van der Waals surface area contributed by atoms with Crippen molar-refractivity contribution in [3.8, 4) is 0 Å². The summed E-state index contributed by atoms with van der Waals surface area (Å²) in [5.74, 6) is -0.374. The van der Waals surface area contributed by atoms with Gasteiger partial charge in [0.2, 0.25) is 0 Å². The number of carbonyl (C=O) groups excluding carboxylic acids is 1. The molecule has 8 nitrogen and oxygen atoms in total. The van der Waals surface area contributed by atoms with Crippen molar-refractivity contribution in [1.29, 1.82) is 0 Å². The van der Waals surface area contributed by atoms with Crippen molar-refractivity contribution in [2.24, 2.45) is 5.73 Å². The van der Waals surface area contributed by atoms with Crippen LogP contribution in [-0.2, 0) is 27.9 Å². The highest BCUT2D eigenvalue weighted by Gasteiger charge is 2.24. The predicted octanol–water partition coefficient (Wildman–Crippen LogP) is 12.9. The fourth-order valence-corrected chi connectivity index (χ4v) is 6.06.